The average molecular weight is 309 g/mol. The third-order valence-corrected chi connectivity index (χ3v) is 3.94. The lowest BCUT2D eigenvalue weighted by molar-refractivity contribution is -0.124. The van der Waals surface area contributed by atoms with E-state index in [1.54, 1.807) is 24.3 Å². The SMILES string of the molecule is NC(=O)[C@H](NC(=O)c1ccc(Cl)cc1)[C@@H]1CCCC(=O)C1. The van der Waals surface area contributed by atoms with Gasteiger partial charge in [-0.15, -0.1) is 0 Å². The van der Waals surface area contributed by atoms with Gasteiger partial charge in [0.1, 0.15) is 11.8 Å². The van der Waals surface area contributed by atoms with Crippen molar-refractivity contribution in [2.75, 3.05) is 0 Å². The Kier molecular flexibility index (Phi) is 4.96. The highest BCUT2D eigenvalue weighted by molar-refractivity contribution is 6.30. The monoisotopic (exact) mass is 308 g/mol. The minimum atomic E-state index is -0.822. The minimum Gasteiger partial charge on any atom is -0.368 e. The van der Waals surface area contributed by atoms with Gasteiger partial charge in [0.25, 0.3) is 5.91 Å². The van der Waals surface area contributed by atoms with Crippen LogP contribution in [0.5, 0.6) is 0 Å². The standard InChI is InChI=1S/C15H17ClN2O3/c16-11-6-4-9(5-7-11)15(21)18-13(14(17)20)10-2-1-3-12(19)8-10/h4-7,10,13H,1-3,8H2,(H2,17,20)(H,18,21)/t10-,13-/m1/s1. The normalized spacial score (nSPS) is 19.9. The molecule has 1 aliphatic rings. The zero-order chi connectivity index (χ0) is 15.4. The molecule has 1 fully saturated rings. The van der Waals surface area contributed by atoms with Crippen LogP contribution < -0.4 is 11.1 Å². The Morgan fingerprint density at radius 2 is 1.95 bits per heavy atom. The van der Waals surface area contributed by atoms with E-state index in [9.17, 15) is 14.4 Å². The Labute approximate surface area is 127 Å². The van der Waals surface area contributed by atoms with Crippen molar-refractivity contribution >= 4 is 29.2 Å². The molecule has 3 N–H and O–H groups in total. The van der Waals surface area contributed by atoms with Crippen LogP contribution in [0.1, 0.15) is 36.0 Å². The zero-order valence-corrected chi connectivity index (χ0v) is 12.2. The van der Waals surface area contributed by atoms with Crippen molar-refractivity contribution in [1.82, 2.24) is 5.32 Å². The van der Waals surface area contributed by atoms with Crippen molar-refractivity contribution in [3.63, 3.8) is 0 Å². The van der Waals surface area contributed by atoms with Crippen LogP contribution in [0, 0.1) is 5.92 Å². The van der Waals surface area contributed by atoms with E-state index in [1.807, 2.05) is 0 Å². The van der Waals surface area contributed by atoms with Gasteiger partial charge in [-0.3, -0.25) is 14.4 Å². The molecular formula is C15H17ClN2O3. The highest BCUT2D eigenvalue weighted by Crippen LogP contribution is 2.24. The molecule has 1 aliphatic carbocycles. The van der Waals surface area contributed by atoms with Gasteiger partial charge in [0, 0.05) is 23.4 Å². The smallest absolute Gasteiger partial charge is 0.251 e. The molecule has 0 bridgehead atoms. The average Bonchev–Trinajstić information content (AvgIpc) is 2.45. The molecule has 1 saturated carbocycles. The van der Waals surface area contributed by atoms with Gasteiger partial charge < -0.3 is 11.1 Å². The number of nitrogens with two attached hydrogens (primary N) is 1. The van der Waals surface area contributed by atoms with Crippen molar-refractivity contribution in [1.29, 1.82) is 0 Å². The Bertz CT molecular complexity index is 557. The molecule has 2 rings (SSSR count). The molecule has 0 spiro atoms. The van der Waals surface area contributed by atoms with Gasteiger partial charge >= 0.3 is 0 Å². The highest BCUT2D eigenvalue weighted by Gasteiger charge is 2.32. The number of carbonyl (C=O) groups excluding carboxylic acids is 3. The van der Waals surface area contributed by atoms with Gasteiger partial charge in [-0.25, -0.2) is 0 Å². The maximum atomic E-state index is 12.1. The minimum absolute atomic E-state index is 0.109. The second-order valence-corrected chi connectivity index (χ2v) is 5.69. The van der Waals surface area contributed by atoms with Crippen LogP contribution in [0.25, 0.3) is 0 Å². The second-order valence-electron chi connectivity index (χ2n) is 5.26. The number of hydrogen-bond donors (Lipinski definition) is 2. The van der Waals surface area contributed by atoms with Crippen LogP contribution in [0.2, 0.25) is 5.02 Å². The molecule has 1 aromatic carbocycles. The number of rotatable bonds is 4. The molecule has 2 amide bonds. The van der Waals surface area contributed by atoms with E-state index in [4.69, 9.17) is 17.3 Å². The van der Waals surface area contributed by atoms with E-state index >= 15 is 0 Å². The van der Waals surface area contributed by atoms with Crippen molar-refractivity contribution < 1.29 is 14.4 Å². The van der Waals surface area contributed by atoms with E-state index in [2.05, 4.69) is 5.32 Å². The first kappa shape index (κ1) is 15.5. The van der Waals surface area contributed by atoms with Crippen molar-refractivity contribution in [3.8, 4) is 0 Å². The first-order chi connectivity index (χ1) is 9.97. The summed E-state index contributed by atoms with van der Waals surface area (Å²) in [4.78, 5) is 35.3. The molecule has 1 aromatic rings. The maximum absolute atomic E-state index is 12.1. The molecule has 0 aliphatic heterocycles. The third-order valence-electron chi connectivity index (χ3n) is 3.69. The number of hydrogen-bond acceptors (Lipinski definition) is 3. The molecule has 6 heteroatoms. The highest BCUT2D eigenvalue weighted by atomic mass is 35.5. The van der Waals surface area contributed by atoms with Gasteiger partial charge in [-0.05, 0) is 43.0 Å². The zero-order valence-electron chi connectivity index (χ0n) is 11.5. The summed E-state index contributed by atoms with van der Waals surface area (Å²) in [5.74, 6) is -1.12. The Morgan fingerprint density at radius 1 is 1.29 bits per heavy atom. The number of nitrogens with one attached hydrogen (secondary N) is 1. The number of amides is 2. The number of benzene rings is 1. The predicted octanol–water partition coefficient (Wildman–Crippen LogP) is 1.68. The molecule has 0 heterocycles. The second kappa shape index (κ2) is 6.72. The molecule has 0 unspecified atom stereocenters. The van der Waals surface area contributed by atoms with E-state index in [1.165, 1.54) is 0 Å². The van der Waals surface area contributed by atoms with Crippen molar-refractivity contribution in [2.24, 2.45) is 11.7 Å². The van der Waals surface area contributed by atoms with E-state index < -0.39 is 17.9 Å². The topological polar surface area (TPSA) is 89.3 Å². The van der Waals surface area contributed by atoms with Gasteiger partial charge in [-0.2, -0.15) is 0 Å². The molecule has 112 valence electrons. The van der Waals surface area contributed by atoms with Gasteiger partial charge in [0.15, 0.2) is 0 Å². The Balaban J connectivity index is 2.08. The summed E-state index contributed by atoms with van der Waals surface area (Å²) in [5, 5.41) is 3.16. The quantitative estimate of drug-likeness (QED) is 0.887. The number of ketones is 1. The summed E-state index contributed by atoms with van der Waals surface area (Å²) in [5.41, 5.74) is 5.77. The number of primary amides is 1. The van der Waals surface area contributed by atoms with E-state index in [0.29, 0.717) is 23.4 Å². The largest absolute Gasteiger partial charge is 0.368 e. The summed E-state index contributed by atoms with van der Waals surface area (Å²) in [6.07, 6.45) is 2.26. The van der Waals surface area contributed by atoms with Gasteiger partial charge in [0.2, 0.25) is 5.91 Å². The molecule has 0 aromatic heterocycles. The van der Waals surface area contributed by atoms with Gasteiger partial charge in [-0.1, -0.05) is 11.6 Å². The molecule has 0 saturated heterocycles. The molecular weight excluding hydrogens is 292 g/mol. The first-order valence-corrected chi connectivity index (χ1v) is 7.22. The summed E-state index contributed by atoms with van der Waals surface area (Å²) in [6.45, 7) is 0. The van der Waals surface area contributed by atoms with Crippen molar-refractivity contribution in [3.05, 3.63) is 34.9 Å². The lowest BCUT2D eigenvalue weighted by Gasteiger charge is -2.28. The summed E-state index contributed by atoms with van der Waals surface area (Å²) in [6, 6.07) is 5.51. The summed E-state index contributed by atoms with van der Waals surface area (Å²) < 4.78 is 0. The first-order valence-electron chi connectivity index (χ1n) is 6.85. The van der Waals surface area contributed by atoms with Crippen LogP contribution in [-0.2, 0) is 9.59 Å². The van der Waals surface area contributed by atoms with Crippen LogP contribution in [-0.4, -0.2) is 23.6 Å². The van der Waals surface area contributed by atoms with Crippen LogP contribution >= 0.6 is 11.6 Å². The molecule has 2 atom stereocenters. The van der Waals surface area contributed by atoms with Gasteiger partial charge in [0.05, 0.1) is 0 Å². The molecule has 21 heavy (non-hydrogen) atoms. The lowest BCUT2D eigenvalue weighted by Crippen LogP contribution is -2.50. The fraction of sp³-hybridized carbons (Fsp3) is 0.400. The van der Waals surface area contributed by atoms with Crippen molar-refractivity contribution in [2.45, 2.75) is 31.7 Å². The molecule has 0 radical (unpaired) electrons. The fourth-order valence-electron chi connectivity index (χ4n) is 2.59. The maximum Gasteiger partial charge on any atom is 0.251 e. The van der Waals surface area contributed by atoms with E-state index in [0.717, 1.165) is 6.42 Å². The molecule has 5 nitrogen and oxygen atoms in total. The number of carbonyl (C=O) groups is 3. The van der Waals surface area contributed by atoms with Crippen LogP contribution in [0.4, 0.5) is 0 Å². The third kappa shape index (κ3) is 4.04. The lowest BCUT2D eigenvalue weighted by atomic mass is 9.82. The Hall–Kier alpha value is -1.88. The Morgan fingerprint density at radius 3 is 2.52 bits per heavy atom. The van der Waals surface area contributed by atoms with E-state index in [-0.39, 0.29) is 18.1 Å². The summed E-state index contributed by atoms with van der Waals surface area (Å²) in [7, 11) is 0. The number of halogens is 1. The number of Topliss-reactive ketones (excluding diaryl/α,β-unsaturated/α-hetero) is 1. The van der Waals surface area contributed by atoms with Crippen LogP contribution in [0.15, 0.2) is 24.3 Å². The fourth-order valence-corrected chi connectivity index (χ4v) is 2.72. The van der Waals surface area contributed by atoms with Crippen LogP contribution in [0.3, 0.4) is 0 Å². The summed E-state index contributed by atoms with van der Waals surface area (Å²) >= 11 is 5.77. The predicted molar refractivity (Wildman–Crippen MR) is 78.9 cm³/mol.